The molecule has 0 aliphatic heterocycles. The zero-order valence-corrected chi connectivity index (χ0v) is 14.1. The van der Waals surface area contributed by atoms with Crippen molar-refractivity contribution < 1.29 is 0 Å². The first kappa shape index (κ1) is 14.4. The molecular weight excluding hydrogens is 240 g/mol. The fourth-order valence-corrected chi connectivity index (χ4v) is 5.98. The molecule has 0 aromatic heterocycles. The van der Waals surface area contributed by atoms with Crippen LogP contribution in [0.25, 0.3) is 0 Å². The highest BCUT2D eigenvalue weighted by Crippen LogP contribution is 2.72. The van der Waals surface area contributed by atoms with Crippen molar-refractivity contribution in [1.82, 2.24) is 0 Å². The number of fused-ring (bicyclic) bond motifs is 2. The fourth-order valence-electron chi connectivity index (χ4n) is 5.98. The van der Waals surface area contributed by atoms with Crippen LogP contribution < -0.4 is 0 Å². The van der Waals surface area contributed by atoms with Crippen LogP contribution in [0.3, 0.4) is 0 Å². The van der Waals surface area contributed by atoms with Crippen LogP contribution in [0, 0.1) is 35.0 Å². The first-order valence-electron chi connectivity index (χ1n) is 8.75. The molecule has 0 aromatic carbocycles. The van der Waals surface area contributed by atoms with Gasteiger partial charge in [-0.05, 0) is 87.9 Å². The molecule has 0 radical (unpaired) electrons. The van der Waals surface area contributed by atoms with Gasteiger partial charge in [-0.3, -0.25) is 0 Å². The van der Waals surface area contributed by atoms with Crippen LogP contribution in [0.15, 0.2) is 23.3 Å². The monoisotopic (exact) mass is 272 g/mol. The summed E-state index contributed by atoms with van der Waals surface area (Å²) in [5.74, 6) is 4.89. The van der Waals surface area contributed by atoms with E-state index in [2.05, 4.69) is 46.8 Å². The third-order valence-electron chi connectivity index (χ3n) is 7.01. The first-order valence-corrected chi connectivity index (χ1v) is 8.75. The lowest BCUT2D eigenvalue weighted by atomic mass is 9.34. The van der Waals surface area contributed by atoms with Crippen molar-refractivity contribution in [2.45, 2.75) is 66.7 Å². The molecule has 112 valence electrons. The van der Waals surface area contributed by atoms with Crippen LogP contribution in [0.5, 0.6) is 0 Å². The van der Waals surface area contributed by atoms with E-state index in [0.717, 1.165) is 29.6 Å². The van der Waals surface area contributed by atoms with Crippen LogP contribution in [0.2, 0.25) is 0 Å². The van der Waals surface area contributed by atoms with Gasteiger partial charge in [-0.15, -0.1) is 0 Å². The molecule has 4 rings (SSSR count). The number of rotatable bonds is 4. The minimum atomic E-state index is 0.680. The highest BCUT2D eigenvalue weighted by atomic mass is 14.7. The third-order valence-corrected chi connectivity index (χ3v) is 7.01. The molecule has 0 nitrogen and oxygen atoms in total. The molecule has 0 amide bonds. The van der Waals surface area contributed by atoms with Crippen molar-refractivity contribution in [3.8, 4) is 0 Å². The van der Waals surface area contributed by atoms with Crippen molar-refractivity contribution >= 4 is 0 Å². The summed E-state index contributed by atoms with van der Waals surface area (Å²) in [6.45, 7) is 12.0. The van der Waals surface area contributed by atoms with Crippen molar-refractivity contribution in [2.24, 2.45) is 35.0 Å². The van der Waals surface area contributed by atoms with Crippen molar-refractivity contribution in [3.05, 3.63) is 23.3 Å². The largest absolute Gasteiger partial charge is 0.0859 e. The predicted octanol–water partition coefficient (Wildman–Crippen LogP) is 6.00. The Morgan fingerprint density at radius 1 is 1.45 bits per heavy atom. The van der Waals surface area contributed by atoms with E-state index in [4.69, 9.17) is 0 Å². The van der Waals surface area contributed by atoms with E-state index in [1.165, 1.54) is 37.7 Å². The maximum Gasteiger partial charge on any atom is -0.0115 e. The van der Waals surface area contributed by atoms with Crippen molar-refractivity contribution in [2.75, 3.05) is 0 Å². The molecule has 20 heavy (non-hydrogen) atoms. The van der Waals surface area contributed by atoms with Gasteiger partial charge in [-0.1, -0.05) is 37.1 Å². The lowest BCUT2D eigenvalue weighted by Crippen LogP contribution is -2.64. The van der Waals surface area contributed by atoms with Crippen molar-refractivity contribution in [3.63, 3.8) is 0 Å². The van der Waals surface area contributed by atoms with Crippen molar-refractivity contribution in [1.29, 1.82) is 0 Å². The van der Waals surface area contributed by atoms with Gasteiger partial charge in [0.2, 0.25) is 0 Å². The molecule has 0 saturated heterocycles. The maximum absolute atomic E-state index is 2.58. The highest BCUT2D eigenvalue weighted by Gasteiger charge is 2.65. The Kier molecular flexibility index (Phi) is 3.63. The molecule has 3 fully saturated rings. The summed E-state index contributed by atoms with van der Waals surface area (Å²) in [6.07, 6.45) is 12.0. The van der Waals surface area contributed by atoms with Gasteiger partial charge in [0, 0.05) is 0 Å². The van der Waals surface area contributed by atoms with E-state index in [0.29, 0.717) is 5.41 Å². The average molecular weight is 272 g/mol. The van der Waals surface area contributed by atoms with E-state index in [1.54, 1.807) is 5.57 Å². The molecule has 4 bridgehead atoms. The van der Waals surface area contributed by atoms with Gasteiger partial charge in [0.25, 0.3) is 0 Å². The van der Waals surface area contributed by atoms with Gasteiger partial charge in [-0.2, -0.15) is 0 Å². The zero-order chi connectivity index (χ0) is 14.5. The zero-order valence-electron chi connectivity index (χ0n) is 14.1. The first-order chi connectivity index (χ1) is 9.45. The predicted molar refractivity (Wildman–Crippen MR) is 87.5 cm³/mol. The summed E-state index contributed by atoms with van der Waals surface area (Å²) in [5, 5.41) is 0. The molecule has 6 atom stereocenters. The molecule has 0 N–H and O–H groups in total. The van der Waals surface area contributed by atoms with E-state index in [1.807, 2.05) is 0 Å². The van der Waals surface area contributed by atoms with E-state index in [9.17, 15) is 0 Å². The smallest absolute Gasteiger partial charge is 0.0115 e. The molecule has 4 aliphatic carbocycles. The second kappa shape index (κ2) is 5.04. The molecule has 0 aromatic rings. The van der Waals surface area contributed by atoms with Crippen LogP contribution >= 0.6 is 0 Å². The second-order valence-electron chi connectivity index (χ2n) is 8.39. The third kappa shape index (κ3) is 2.02. The molecule has 0 spiro atoms. The molecule has 0 heteroatoms. The molecule has 2 unspecified atom stereocenters. The molecular formula is C20H32. The van der Waals surface area contributed by atoms with E-state index >= 15 is 0 Å². The average Bonchev–Trinajstić information content (AvgIpc) is 2.38. The van der Waals surface area contributed by atoms with Gasteiger partial charge in [0.1, 0.15) is 0 Å². The standard InChI is InChI=1S/C20H32/c1-13(2)7-6-8-14(3)16-11-12-20(5)17-10-9-15(4)19(20)18(16)17/h7,9,14,16-19H,6,8,10-12H2,1-5H3/t14?,16-,17-,18-,19+,20?/m0/s1. The summed E-state index contributed by atoms with van der Waals surface area (Å²) >= 11 is 0. The van der Waals surface area contributed by atoms with Gasteiger partial charge < -0.3 is 0 Å². The minimum Gasteiger partial charge on any atom is -0.0859 e. The van der Waals surface area contributed by atoms with Crippen LogP contribution in [-0.4, -0.2) is 0 Å². The summed E-state index contributed by atoms with van der Waals surface area (Å²) in [4.78, 5) is 0. The fraction of sp³-hybridized carbons (Fsp3) is 0.800. The number of allylic oxidation sites excluding steroid dienone is 4. The Bertz CT molecular complexity index is 437. The van der Waals surface area contributed by atoms with Gasteiger partial charge in [0.05, 0.1) is 0 Å². The summed E-state index contributed by atoms with van der Waals surface area (Å²) in [5.41, 5.74) is 3.88. The lowest BCUT2D eigenvalue weighted by Gasteiger charge is -2.70. The van der Waals surface area contributed by atoms with Gasteiger partial charge in [0.15, 0.2) is 0 Å². The Morgan fingerprint density at radius 2 is 2.20 bits per heavy atom. The summed E-state index contributed by atoms with van der Waals surface area (Å²) in [6, 6.07) is 0. The Hall–Kier alpha value is -0.520. The topological polar surface area (TPSA) is 0 Å². The van der Waals surface area contributed by atoms with Crippen LogP contribution in [-0.2, 0) is 0 Å². The lowest BCUT2D eigenvalue weighted by molar-refractivity contribution is -0.183. The maximum atomic E-state index is 2.58. The summed E-state index contributed by atoms with van der Waals surface area (Å²) in [7, 11) is 0. The molecule has 3 saturated carbocycles. The Labute approximate surface area is 125 Å². The second-order valence-corrected chi connectivity index (χ2v) is 8.39. The number of hydrogen-bond acceptors (Lipinski definition) is 0. The molecule has 0 heterocycles. The normalized spacial score (nSPS) is 43.4. The number of hydrogen-bond donors (Lipinski definition) is 0. The highest BCUT2D eigenvalue weighted by molar-refractivity contribution is 5.28. The van der Waals surface area contributed by atoms with Crippen LogP contribution in [0.1, 0.15) is 66.7 Å². The Balaban J connectivity index is 1.68. The van der Waals surface area contributed by atoms with Gasteiger partial charge >= 0.3 is 0 Å². The molecule has 4 aliphatic rings. The van der Waals surface area contributed by atoms with E-state index < -0.39 is 0 Å². The Morgan fingerprint density at radius 3 is 2.85 bits per heavy atom. The van der Waals surface area contributed by atoms with Crippen LogP contribution in [0.4, 0.5) is 0 Å². The van der Waals surface area contributed by atoms with E-state index in [-0.39, 0.29) is 0 Å². The minimum absolute atomic E-state index is 0.680. The summed E-state index contributed by atoms with van der Waals surface area (Å²) < 4.78 is 0. The quantitative estimate of drug-likeness (QED) is 0.551. The van der Waals surface area contributed by atoms with Gasteiger partial charge in [-0.25, -0.2) is 0 Å². The SMILES string of the molecule is CC(C)=CCCC(C)[C@@H]1CCC2(C)[C@@H]3C(C)=CC[C@H]2[C@@H]31.